The molecule has 0 aliphatic carbocycles. The first-order valence-corrected chi connectivity index (χ1v) is 4.65. The van der Waals surface area contributed by atoms with Crippen LogP contribution in [0.3, 0.4) is 0 Å². The number of likely N-dealkylation sites (N-methyl/N-ethyl adjacent to an activating group) is 1. The van der Waals surface area contributed by atoms with E-state index in [4.69, 9.17) is 0 Å². The zero-order chi connectivity index (χ0) is 8.27. The molecule has 1 fully saturated rings. The second-order valence-corrected chi connectivity index (χ2v) is 3.72. The highest BCUT2D eigenvalue weighted by Gasteiger charge is 2.19. The van der Waals surface area contributed by atoms with Crippen molar-refractivity contribution in [2.75, 3.05) is 20.1 Å². The summed E-state index contributed by atoms with van der Waals surface area (Å²) in [5, 5.41) is 3.35. The lowest BCUT2D eigenvalue weighted by atomic mass is 10.0. The fraction of sp³-hybridized carbons (Fsp3) is 1.00. The fourth-order valence-electron chi connectivity index (χ4n) is 1.71. The molecule has 0 bridgehead atoms. The summed E-state index contributed by atoms with van der Waals surface area (Å²) in [6, 6.07) is 1.44. The third-order valence-electron chi connectivity index (χ3n) is 2.59. The number of nitrogens with one attached hydrogen (secondary N) is 1. The van der Waals surface area contributed by atoms with Crippen molar-refractivity contribution in [2.24, 2.45) is 0 Å². The quantitative estimate of drug-likeness (QED) is 0.643. The Morgan fingerprint density at radius 2 is 2.18 bits per heavy atom. The van der Waals surface area contributed by atoms with Crippen LogP contribution in [0.25, 0.3) is 0 Å². The lowest BCUT2D eigenvalue weighted by Crippen LogP contribution is -2.47. The molecule has 0 unspecified atom stereocenters. The lowest BCUT2D eigenvalue weighted by molar-refractivity contribution is 0.158. The van der Waals surface area contributed by atoms with Gasteiger partial charge in [-0.25, -0.2) is 0 Å². The monoisotopic (exact) mass is 156 g/mol. The Hall–Kier alpha value is -0.0800. The van der Waals surface area contributed by atoms with E-state index in [1.54, 1.807) is 0 Å². The van der Waals surface area contributed by atoms with Crippen LogP contribution in [0.2, 0.25) is 0 Å². The van der Waals surface area contributed by atoms with E-state index >= 15 is 0 Å². The van der Waals surface area contributed by atoms with Crippen molar-refractivity contribution in [3.05, 3.63) is 0 Å². The second kappa shape index (κ2) is 4.07. The van der Waals surface area contributed by atoms with Gasteiger partial charge < -0.3 is 5.32 Å². The van der Waals surface area contributed by atoms with Gasteiger partial charge in [-0.3, -0.25) is 4.90 Å². The maximum absolute atomic E-state index is 3.35. The topological polar surface area (TPSA) is 15.3 Å². The van der Waals surface area contributed by atoms with Crippen LogP contribution in [-0.4, -0.2) is 37.1 Å². The number of rotatable bonds is 2. The Morgan fingerprint density at radius 1 is 1.45 bits per heavy atom. The predicted molar refractivity (Wildman–Crippen MR) is 48.8 cm³/mol. The first-order chi connectivity index (χ1) is 5.24. The van der Waals surface area contributed by atoms with Gasteiger partial charge in [0.05, 0.1) is 0 Å². The van der Waals surface area contributed by atoms with E-state index in [-0.39, 0.29) is 0 Å². The van der Waals surface area contributed by atoms with Gasteiger partial charge >= 0.3 is 0 Å². The van der Waals surface area contributed by atoms with Crippen molar-refractivity contribution in [2.45, 2.75) is 38.8 Å². The Balaban J connectivity index is 2.33. The Bertz CT molecular complexity index is 112. The molecule has 0 saturated carbocycles. The Kier molecular flexibility index (Phi) is 3.34. The number of nitrogens with zero attached hydrogens (tertiary/aromatic N) is 1. The first kappa shape index (κ1) is 9.01. The van der Waals surface area contributed by atoms with Crippen LogP contribution < -0.4 is 5.32 Å². The summed E-state index contributed by atoms with van der Waals surface area (Å²) in [6.07, 6.45) is 2.70. The number of hydrogen-bond donors (Lipinski definition) is 1. The molecule has 11 heavy (non-hydrogen) atoms. The molecule has 1 heterocycles. The van der Waals surface area contributed by atoms with Crippen molar-refractivity contribution in [3.8, 4) is 0 Å². The minimum Gasteiger partial charge on any atom is -0.316 e. The van der Waals surface area contributed by atoms with Gasteiger partial charge in [0.15, 0.2) is 0 Å². The molecular weight excluding hydrogens is 136 g/mol. The molecule has 1 aliphatic rings. The summed E-state index contributed by atoms with van der Waals surface area (Å²) in [7, 11) is 2.06. The fourth-order valence-corrected chi connectivity index (χ4v) is 1.71. The van der Waals surface area contributed by atoms with E-state index in [9.17, 15) is 0 Å². The largest absolute Gasteiger partial charge is 0.316 e. The highest BCUT2D eigenvalue weighted by molar-refractivity contribution is 4.78. The van der Waals surface area contributed by atoms with Crippen molar-refractivity contribution >= 4 is 0 Å². The maximum atomic E-state index is 3.35. The molecule has 0 spiro atoms. The molecular formula is C9H20N2. The molecule has 0 aromatic carbocycles. The van der Waals surface area contributed by atoms with Crippen molar-refractivity contribution in [1.29, 1.82) is 0 Å². The van der Waals surface area contributed by atoms with Crippen LogP contribution in [0.15, 0.2) is 0 Å². The summed E-state index contributed by atoms with van der Waals surface area (Å²) in [4.78, 5) is 2.55. The summed E-state index contributed by atoms with van der Waals surface area (Å²) < 4.78 is 0. The van der Waals surface area contributed by atoms with Crippen LogP contribution in [0.4, 0.5) is 0 Å². The van der Waals surface area contributed by atoms with Crippen LogP contribution in [0, 0.1) is 0 Å². The van der Waals surface area contributed by atoms with E-state index in [2.05, 4.69) is 31.1 Å². The number of piperidine rings is 1. The highest BCUT2D eigenvalue weighted by Crippen LogP contribution is 2.11. The van der Waals surface area contributed by atoms with Crippen molar-refractivity contribution < 1.29 is 0 Å². The van der Waals surface area contributed by atoms with Crippen LogP contribution >= 0.6 is 0 Å². The van der Waals surface area contributed by atoms with E-state index in [0.29, 0.717) is 6.04 Å². The molecule has 0 aromatic heterocycles. The SMILES string of the molecule is CN[C@@H]1CCCN(C(C)C)C1. The molecule has 1 saturated heterocycles. The smallest absolute Gasteiger partial charge is 0.0192 e. The van der Waals surface area contributed by atoms with Crippen molar-refractivity contribution in [1.82, 2.24) is 10.2 Å². The average molecular weight is 156 g/mol. The van der Waals surface area contributed by atoms with Crippen LogP contribution in [-0.2, 0) is 0 Å². The normalized spacial score (nSPS) is 27.8. The molecule has 0 aromatic rings. The standard InChI is InChI=1S/C9H20N2/c1-8(2)11-6-4-5-9(7-11)10-3/h8-10H,4-7H2,1-3H3/t9-/m1/s1. The van der Waals surface area contributed by atoms with Gasteiger partial charge in [-0.2, -0.15) is 0 Å². The Labute approximate surface area is 70.0 Å². The number of hydrogen-bond acceptors (Lipinski definition) is 2. The van der Waals surface area contributed by atoms with Gasteiger partial charge in [0.1, 0.15) is 0 Å². The van der Waals surface area contributed by atoms with Crippen LogP contribution in [0.5, 0.6) is 0 Å². The molecule has 2 nitrogen and oxygen atoms in total. The molecule has 2 heteroatoms. The molecule has 1 N–H and O–H groups in total. The van der Waals surface area contributed by atoms with Crippen LogP contribution in [0.1, 0.15) is 26.7 Å². The van der Waals surface area contributed by atoms with Gasteiger partial charge in [0, 0.05) is 18.6 Å². The minimum atomic E-state index is 0.714. The zero-order valence-corrected chi connectivity index (χ0v) is 7.93. The van der Waals surface area contributed by atoms with E-state index in [0.717, 1.165) is 6.04 Å². The van der Waals surface area contributed by atoms with E-state index in [1.165, 1.54) is 25.9 Å². The van der Waals surface area contributed by atoms with Gasteiger partial charge in [-0.05, 0) is 40.3 Å². The average Bonchev–Trinajstić information content (AvgIpc) is 2.05. The minimum absolute atomic E-state index is 0.714. The zero-order valence-electron chi connectivity index (χ0n) is 7.93. The van der Waals surface area contributed by atoms with Gasteiger partial charge in [0.25, 0.3) is 0 Å². The van der Waals surface area contributed by atoms with E-state index in [1.807, 2.05) is 0 Å². The third-order valence-corrected chi connectivity index (χ3v) is 2.59. The van der Waals surface area contributed by atoms with Gasteiger partial charge in [0.2, 0.25) is 0 Å². The second-order valence-electron chi connectivity index (χ2n) is 3.72. The molecule has 1 atom stereocenters. The lowest BCUT2D eigenvalue weighted by Gasteiger charge is -2.35. The molecule has 0 amide bonds. The first-order valence-electron chi connectivity index (χ1n) is 4.65. The maximum Gasteiger partial charge on any atom is 0.0192 e. The summed E-state index contributed by atoms with van der Waals surface area (Å²) in [5.74, 6) is 0. The predicted octanol–water partition coefficient (Wildman–Crippen LogP) is 1.08. The van der Waals surface area contributed by atoms with Crippen molar-refractivity contribution in [3.63, 3.8) is 0 Å². The molecule has 0 radical (unpaired) electrons. The Morgan fingerprint density at radius 3 is 2.73 bits per heavy atom. The molecule has 1 aliphatic heterocycles. The van der Waals surface area contributed by atoms with E-state index < -0.39 is 0 Å². The number of likely N-dealkylation sites (tertiary alicyclic amines) is 1. The van der Waals surface area contributed by atoms with Gasteiger partial charge in [-0.15, -0.1) is 0 Å². The van der Waals surface area contributed by atoms with Gasteiger partial charge in [-0.1, -0.05) is 0 Å². The molecule has 1 rings (SSSR count). The third kappa shape index (κ3) is 2.46. The summed E-state index contributed by atoms with van der Waals surface area (Å²) in [5.41, 5.74) is 0. The molecule has 66 valence electrons. The summed E-state index contributed by atoms with van der Waals surface area (Å²) in [6.45, 7) is 7.07. The summed E-state index contributed by atoms with van der Waals surface area (Å²) >= 11 is 0. The highest BCUT2D eigenvalue weighted by atomic mass is 15.2.